The number of carbonyl (C=O) groups is 2. The minimum Gasteiger partial charge on any atom is -0.352 e. The predicted molar refractivity (Wildman–Crippen MR) is 94.9 cm³/mol. The number of amides is 2. The third-order valence-electron chi connectivity index (χ3n) is 5.20. The Bertz CT molecular complexity index is 632. The summed E-state index contributed by atoms with van der Waals surface area (Å²) in [7, 11) is 0. The minimum atomic E-state index is -0.393. The fraction of sp³-hybridized carbons (Fsp3) is 0.579. The molecule has 130 valence electrons. The Labute approximate surface area is 148 Å². The van der Waals surface area contributed by atoms with Crippen LogP contribution in [0, 0.1) is 5.92 Å². The highest BCUT2D eigenvalue weighted by atomic mass is 35.5. The molecular formula is C19H25ClN2O2. The highest BCUT2D eigenvalue weighted by Gasteiger charge is 2.51. The number of benzene rings is 1. The van der Waals surface area contributed by atoms with Crippen LogP contribution < -0.4 is 5.32 Å². The highest BCUT2D eigenvalue weighted by molar-refractivity contribution is 6.30. The molecule has 5 heteroatoms. The molecule has 0 aromatic heterocycles. The van der Waals surface area contributed by atoms with E-state index in [9.17, 15) is 9.59 Å². The molecule has 0 unspecified atom stereocenters. The molecule has 0 spiro atoms. The highest BCUT2D eigenvalue weighted by Crippen LogP contribution is 2.49. The number of likely N-dealkylation sites (tertiary alicyclic amines) is 1. The zero-order valence-electron chi connectivity index (χ0n) is 14.3. The van der Waals surface area contributed by atoms with Gasteiger partial charge >= 0.3 is 0 Å². The summed E-state index contributed by atoms with van der Waals surface area (Å²) < 4.78 is 0. The first-order valence-electron chi connectivity index (χ1n) is 8.78. The summed E-state index contributed by atoms with van der Waals surface area (Å²) in [6, 6.07) is 7.78. The van der Waals surface area contributed by atoms with Crippen molar-refractivity contribution in [1.82, 2.24) is 10.2 Å². The Morgan fingerprint density at radius 1 is 1.25 bits per heavy atom. The van der Waals surface area contributed by atoms with Crippen molar-refractivity contribution >= 4 is 23.4 Å². The molecule has 2 amide bonds. The Hall–Kier alpha value is -1.55. The summed E-state index contributed by atoms with van der Waals surface area (Å²) in [5.41, 5.74) is 0.621. The van der Waals surface area contributed by atoms with Gasteiger partial charge in [-0.1, -0.05) is 37.6 Å². The first-order valence-corrected chi connectivity index (χ1v) is 9.16. The molecule has 24 heavy (non-hydrogen) atoms. The van der Waals surface area contributed by atoms with Gasteiger partial charge in [0.05, 0.1) is 5.41 Å². The van der Waals surface area contributed by atoms with Crippen LogP contribution in [-0.2, 0) is 15.0 Å². The second-order valence-electron chi connectivity index (χ2n) is 7.32. The van der Waals surface area contributed by atoms with Gasteiger partial charge in [-0.15, -0.1) is 0 Å². The van der Waals surface area contributed by atoms with Crippen molar-refractivity contribution in [3.63, 3.8) is 0 Å². The second-order valence-corrected chi connectivity index (χ2v) is 7.76. The van der Waals surface area contributed by atoms with E-state index >= 15 is 0 Å². The van der Waals surface area contributed by atoms with Crippen molar-refractivity contribution in [2.75, 3.05) is 13.1 Å². The largest absolute Gasteiger partial charge is 0.352 e. The first-order chi connectivity index (χ1) is 11.4. The molecule has 1 N–H and O–H groups in total. The van der Waals surface area contributed by atoms with Gasteiger partial charge in [0.1, 0.15) is 0 Å². The van der Waals surface area contributed by atoms with Gasteiger partial charge < -0.3 is 10.2 Å². The SMILES string of the molecule is CC(C)C(=O)N1CCC(NC(=O)C2(c3cccc(Cl)c3)CC2)CC1. The fourth-order valence-electron chi connectivity index (χ4n) is 3.49. The number of halogens is 1. The van der Waals surface area contributed by atoms with E-state index in [4.69, 9.17) is 11.6 Å². The van der Waals surface area contributed by atoms with E-state index in [1.54, 1.807) is 0 Å². The van der Waals surface area contributed by atoms with Crippen LogP contribution in [0.2, 0.25) is 5.02 Å². The van der Waals surface area contributed by atoms with E-state index in [2.05, 4.69) is 5.32 Å². The van der Waals surface area contributed by atoms with Gasteiger partial charge in [0.15, 0.2) is 0 Å². The number of nitrogens with zero attached hydrogens (tertiary/aromatic N) is 1. The lowest BCUT2D eigenvalue weighted by Crippen LogP contribution is -2.49. The van der Waals surface area contributed by atoms with Gasteiger partial charge in [0.25, 0.3) is 0 Å². The van der Waals surface area contributed by atoms with E-state index in [0.29, 0.717) is 5.02 Å². The second kappa shape index (κ2) is 6.75. The molecule has 4 nitrogen and oxygen atoms in total. The van der Waals surface area contributed by atoms with Crippen LogP contribution in [0.4, 0.5) is 0 Å². The maximum absolute atomic E-state index is 12.8. The molecule has 0 radical (unpaired) electrons. The quantitative estimate of drug-likeness (QED) is 0.908. The monoisotopic (exact) mass is 348 g/mol. The van der Waals surface area contributed by atoms with Crippen LogP contribution in [0.3, 0.4) is 0 Å². The average Bonchev–Trinajstić information content (AvgIpc) is 3.37. The third-order valence-corrected chi connectivity index (χ3v) is 5.43. The van der Waals surface area contributed by atoms with Gasteiger partial charge in [-0.05, 0) is 43.4 Å². The Morgan fingerprint density at radius 3 is 2.46 bits per heavy atom. The van der Waals surface area contributed by atoms with Gasteiger partial charge in [0, 0.05) is 30.1 Å². The molecule has 1 aromatic rings. The predicted octanol–water partition coefficient (Wildman–Crippen LogP) is 3.13. The molecule has 2 fully saturated rings. The molecule has 0 atom stereocenters. The summed E-state index contributed by atoms with van der Waals surface area (Å²) in [5.74, 6) is 0.351. The maximum atomic E-state index is 12.8. The molecule has 2 aliphatic rings. The maximum Gasteiger partial charge on any atom is 0.230 e. The molecule has 1 aliphatic heterocycles. The minimum absolute atomic E-state index is 0.0358. The number of piperidine rings is 1. The number of rotatable bonds is 4. The Balaban J connectivity index is 1.58. The van der Waals surface area contributed by atoms with Crippen LogP contribution in [0.15, 0.2) is 24.3 Å². The van der Waals surface area contributed by atoms with Crippen LogP contribution in [0.1, 0.15) is 45.1 Å². The summed E-state index contributed by atoms with van der Waals surface area (Å²) in [6.45, 7) is 5.31. The molecule has 1 saturated carbocycles. The molecule has 1 aromatic carbocycles. The van der Waals surface area contributed by atoms with E-state index in [1.807, 2.05) is 43.0 Å². The average molecular weight is 349 g/mol. The van der Waals surface area contributed by atoms with Crippen molar-refractivity contribution in [3.8, 4) is 0 Å². The molecule has 1 heterocycles. The van der Waals surface area contributed by atoms with Crippen LogP contribution in [-0.4, -0.2) is 35.8 Å². The van der Waals surface area contributed by atoms with Crippen LogP contribution >= 0.6 is 11.6 Å². The Kier molecular flexibility index (Phi) is 4.86. The number of hydrogen-bond acceptors (Lipinski definition) is 2. The summed E-state index contributed by atoms with van der Waals surface area (Å²) >= 11 is 6.08. The summed E-state index contributed by atoms with van der Waals surface area (Å²) in [5, 5.41) is 3.88. The van der Waals surface area contributed by atoms with Crippen molar-refractivity contribution in [1.29, 1.82) is 0 Å². The molecule has 1 aliphatic carbocycles. The number of nitrogens with one attached hydrogen (secondary N) is 1. The van der Waals surface area contributed by atoms with Crippen molar-refractivity contribution in [3.05, 3.63) is 34.9 Å². The zero-order chi connectivity index (χ0) is 17.3. The van der Waals surface area contributed by atoms with Crippen molar-refractivity contribution < 1.29 is 9.59 Å². The van der Waals surface area contributed by atoms with Gasteiger partial charge in [-0.2, -0.15) is 0 Å². The van der Waals surface area contributed by atoms with Crippen molar-refractivity contribution in [2.45, 2.75) is 51.0 Å². The smallest absolute Gasteiger partial charge is 0.230 e. The zero-order valence-corrected chi connectivity index (χ0v) is 15.1. The first kappa shape index (κ1) is 17.3. The number of carbonyl (C=O) groups excluding carboxylic acids is 2. The van der Waals surface area contributed by atoms with Crippen LogP contribution in [0.25, 0.3) is 0 Å². The van der Waals surface area contributed by atoms with Crippen molar-refractivity contribution in [2.24, 2.45) is 5.92 Å². The Morgan fingerprint density at radius 2 is 1.92 bits per heavy atom. The van der Waals surface area contributed by atoms with Gasteiger partial charge in [-0.3, -0.25) is 9.59 Å². The third kappa shape index (κ3) is 3.44. The summed E-state index contributed by atoms with van der Waals surface area (Å²) in [4.78, 5) is 26.7. The topological polar surface area (TPSA) is 49.4 Å². The van der Waals surface area contributed by atoms with E-state index in [-0.39, 0.29) is 23.8 Å². The summed E-state index contributed by atoms with van der Waals surface area (Å²) in [6.07, 6.45) is 3.42. The van der Waals surface area contributed by atoms with Gasteiger partial charge in [-0.25, -0.2) is 0 Å². The van der Waals surface area contributed by atoms with Crippen LogP contribution in [0.5, 0.6) is 0 Å². The van der Waals surface area contributed by atoms with E-state index in [0.717, 1.165) is 44.3 Å². The molecule has 3 rings (SSSR count). The fourth-order valence-corrected chi connectivity index (χ4v) is 3.68. The van der Waals surface area contributed by atoms with E-state index < -0.39 is 5.41 Å². The van der Waals surface area contributed by atoms with Gasteiger partial charge in [0.2, 0.25) is 11.8 Å². The lowest BCUT2D eigenvalue weighted by molar-refractivity contribution is -0.135. The lowest BCUT2D eigenvalue weighted by atomic mass is 9.93. The normalized spacial score (nSPS) is 20.1. The molecular weight excluding hydrogens is 324 g/mol. The lowest BCUT2D eigenvalue weighted by Gasteiger charge is -2.34. The molecule has 0 bridgehead atoms. The molecule has 1 saturated heterocycles. The van der Waals surface area contributed by atoms with E-state index in [1.165, 1.54) is 0 Å². The number of hydrogen-bond donors (Lipinski definition) is 1. The standard InChI is InChI=1S/C19H25ClN2O2/c1-13(2)17(23)22-10-6-16(7-11-22)21-18(24)19(8-9-19)14-4-3-5-15(20)12-14/h3-5,12-13,16H,6-11H2,1-2H3,(H,21,24).